The van der Waals surface area contributed by atoms with Gasteiger partial charge in [0.05, 0.1) is 15.7 Å². The van der Waals surface area contributed by atoms with Gasteiger partial charge in [0.15, 0.2) is 0 Å². The molecule has 0 atom stereocenters. The number of anilines is 1. The molecule has 0 unspecified atom stereocenters. The topological polar surface area (TPSA) is 70.9 Å². The van der Waals surface area contributed by atoms with Crippen LogP contribution < -0.4 is 11.1 Å². The molecule has 1 amide bonds. The standard InChI is InChI=1S/C12H11Cl2N3O/c13-9-3-8(4-10(14)11(9)15)12(18)17-6-7-1-2-16-5-7/h1-5,16H,6,15H2,(H,17,18). The van der Waals surface area contributed by atoms with E-state index in [0.717, 1.165) is 5.56 Å². The fourth-order valence-electron chi connectivity index (χ4n) is 1.47. The molecule has 0 bridgehead atoms. The molecule has 0 radical (unpaired) electrons. The lowest BCUT2D eigenvalue weighted by molar-refractivity contribution is 0.0951. The highest BCUT2D eigenvalue weighted by molar-refractivity contribution is 6.39. The Morgan fingerprint density at radius 2 is 2.00 bits per heavy atom. The van der Waals surface area contributed by atoms with E-state index < -0.39 is 0 Å². The summed E-state index contributed by atoms with van der Waals surface area (Å²) in [6.45, 7) is 0.432. The first kappa shape index (κ1) is 12.8. The lowest BCUT2D eigenvalue weighted by Gasteiger charge is -2.07. The number of nitrogen functional groups attached to an aromatic ring is 1. The van der Waals surface area contributed by atoms with Crippen molar-refractivity contribution < 1.29 is 4.79 Å². The molecule has 0 fully saturated rings. The van der Waals surface area contributed by atoms with E-state index in [-0.39, 0.29) is 21.6 Å². The van der Waals surface area contributed by atoms with Crippen molar-refractivity contribution >= 4 is 34.8 Å². The van der Waals surface area contributed by atoms with Gasteiger partial charge in [-0.2, -0.15) is 0 Å². The second-order valence-corrected chi connectivity index (χ2v) is 4.57. The lowest BCUT2D eigenvalue weighted by Crippen LogP contribution is -2.22. The molecular weight excluding hydrogens is 273 g/mol. The third-order valence-electron chi connectivity index (χ3n) is 2.46. The first-order chi connectivity index (χ1) is 8.58. The molecular formula is C12H11Cl2N3O. The van der Waals surface area contributed by atoms with E-state index in [0.29, 0.717) is 12.1 Å². The number of nitrogens with one attached hydrogen (secondary N) is 2. The SMILES string of the molecule is Nc1c(Cl)cc(C(=O)NCc2cc[nH]c2)cc1Cl. The summed E-state index contributed by atoms with van der Waals surface area (Å²) in [4.78, 5) is 14.8. The minimum absolute atomic E-state index is 0.250. The number of amides is 1. The molecule has 1 aromatic carbocycles. The minimum atomic E-state index is -0.250. The molecule has 6 heteroatoms. The van der Waals surface area contributed by atoms with Crippen molar-refractivity contribution in [2.24, 2.45) is 0 Å². The fraction of sp³-hybridized carbons (Fsp3) is 0.0833. The normalized spacial score (nSPS) is 10.3. The third kappa shape index (κ3) is 2.78. The summed E-state index contributed by atoms with van der Waals surface area (Å²) in [5.41, 5.74) is 7.25. The van der Waals surface area contributed by atoms with Crippen LogP contribution >= 0.6 is 23.2 Å². The molecule has 4 nitrogen and oxygen atoms in total. The van der Waals surface area contributed by atoms with Crippen LogP contribution in [0, 0.1) is 0 Å². The average molecular weight is 284 g/mol. The summed E-state index contributed by atoms with van der Waals surface area (Å²) in [6.07, 6.45) is 3.60. The Bertz CT molecular complexity index is 544. The van der Waals surface area contributed by atoms with Crippen LogP contribution in [-0.4, -0.2) is 10.9 Å². The molecule has 18 heavy (non-hydrogen) atoms. The zero-order valence-electron chi connectivity index (χ0n) is 9.34. The van der Waals surface area contributed by atoms with Crippen molar-refractivity contribution in [3.05, 3.63) is 51.8 Å². The number of hydrogen-bond donors (Lipinski definition) is 3. The van der Waals surface area contributed by atoms with Gasteiger partial charge >= 0.3 is 0 Å². The molecule has 94 valence electrons. The third-order valence-corrected chi connectivity index (χ3v) is 3.08. The van der Waals surface area contributed by atoms with Gasteiger partial charge in [0.2, 0.25) is 0 Å². The Morgan fingerprint density at radius 3 is 2.56 bits per heavy atom. The Morgan fingerprint density at radius 1 is 1.33 bits per heavy atom. The zero-order valence-corrected chi connectivity index (χ0v) is 10.8. The predicted octanol–water partition coefficient (Wildman–Crippen LogP) is 2.83. The van der Waals surface area contributed by atoms with Crippen molar-refractivity contribution in [1.82, 2.24) is 10.3 Å². The van der Waals surface area contributed by atoms with Crippen LogP contribution in [0.25, 0.3) is 0 Å². The van der Waals surface area contributed by atoms with Crippen LogP contribution in [0.5, 0.6) is 0 Å². The minimum Gasteiger partial charge on any atom is -0.396 e. The van der Waals surface area contributed by atoms with Crippen LogP contribution in [0.2, 0.25) is 10.0 Å². The van der Waals surface area contributed by atoms with Gasteiger partial charge in [0.1, 0.15) is 0 Å². The van der Waals surface area contributed by atoms with Gasteiger partial charge in [-0.15, -0.1) is 0 Å². The van der Waals surface area contributed by atoms with E-state index in [1.54, 1.807) is 6.20 Å². The van der Waals surface area contributed by atoms with E-state index in [1.807, 2.05) is 12.3 Å². The quantitative estimate of drug-likeness (QED) is 0.758. The van der Waals surface area contributed by atoms with Crippen molar-refractivity contribution in [3.63, 3.8) is 0 Å². The van der Waals surface area contributed by atoms with Gasteiger partial charge in [-0.3, -0.25) is 4.79 Å². The Labute approximate surface area is 114 Å². The Hall–Kier alpha value is -1.65. The van der Waals surface area contributed by atoms with Gasteiger partial charge in [-0.05, 0) is 23.8 Å². The number of aromatic nitrogens is 1. The number of H-pyrrole nitrogens is 1. The van der Waals surface area contributed by atoms with Gasteiger partial charge in [0.25, 0.3) is 5.91 Å². The molecule has 0 saturated carbocycles. The molecule has 0 aliphatic heterocycles. The Balaban J connectivity index is 2.09. The van der Waals surface area contributed by atoms with E-state index in [2.05, 4.69) is 10.3 Å². The molecule has 1 heterocycles. The highest BCUT2D eigenvalue weighted by Gasteiger charge is 2.11. The summed E-state index contributed by atoms with van der Waals surface area (Å²) in [6, 6.07) is 4.87. The van der Waals surface area contributed by atoms with Crippen molar-refractivity contribution in [2.75, 3.05) is 5.73 Å². The van der Waals surface area contributed by atoms with E-state index in [1.165, 1.54) is 12.1 Å². The number of rotatable bonds is 3. The summed E-state index contributed by atoms with van der Waals surface area (Å²) in [5.74, 6) is -0.250. The van der Waals surface area contributed by atoms with Gasteiger partial charge in [0, 0.05) is 24.5 Å². The molecule has 0 aliphatic carbocycles. The monoisotopic (exact) mass is 283 g/mol. The maximum absolute atomic E-state index is 11.9. The second-order valence-electron chi connectivity index (χ2n) is 3.76. The van der Waals surface area contributed by atoms with Crippen LogP contribution in [0.3, 0.4) is 0 Å². The maximum Gasteiger partial charge on any atom is 0.251 e. The largest absolute Gasteiger partial charge is 0.396 e. The van der Waals surface area contributed by atoms with Gasteiger partial charge in [-0.1, -0.05) is 23.2 Å². The van der Waals surface area contributed by atoms with Gasteiger partial charge in [-0.25, -0.2) is 0 Å². The average Bonchev–Trinajstić information content (AvgIpc) is 2.85. The number of benzene rings is 1. The van der Waals surface area contributed by atoms with Crippen molar-refractivity contribution in [1.29, 1.82) is 0 Å². The lowest BCUT2D eigenvalue weighted by atomic mass is 10.2. The first-order valence-corrected chi connectivity index (χ1v) is 5.98. The van der Waals surface area contributed by atoms with Crippen LogP contribution in [0.4, 0.5) is 5.69 Å². The number of aromatic amines is 1. The van der Waals surface area contributed by atoms with E-state index in [9.17, 15) is 4.79 Å². The first-order valence-electron chi connectivity index (χ1n) is 5.22. The number of carbonyl (C=O) groups is 1. The summed E-state index contributed by atoms with van der Waals surface area (Å²) in [7, 11) is 0. The molecule has 2 rings (SSSR count). The molecule has 4 N–H and O–H groups in total. The van der Waals surface area contributed by atoms with E-state index in [4.69, 9.17) is 28.9 Å². The van der Waals surface area contributed by atoms with Crippen LogP contribution in [0.15, 0.2) is 30.6 Å². The summed E-state index contributed by atoms with van der Waals surface area (Å²) >= 11 is 11.7. The zero-order chi connectivity index (χ0) is 13.1. The number of halogens is 2. The molecule has 0 spiro atoms. The molecule has 0 aliphatic rings. The van der Waals surface area contributed by atoms with Crippen LogP contribution in [-0.2, 0) is 6.54 Å². The smallest absolute Gasteiger partial charge is 0.251 e. The van der Waals surface area contributed by atoms with Crippen molar-refractivity contribution in [3.8, 4) is 0 Å². The van der Waals surface area contributed by atoms with Gasteiger partial charge < -0.3 is 16.0 Å². The fourth-order valence-corrected chi connectivity index (χ4v) is 1.96. The summed E-state index contributed by atoms with van der Waals surface area (Å²) in [5, 5.41) is 3.30. The summed E-state index contributed by atoms with van der Waals surface area (Å²) < 4.78 is 0. The highest BCUT2D eigenvalue weighted by atomic mass is 35.5. The van der Waals surface area contributed by atoms with Crippen LogP contribution in [0.1, 0.15) is 15.9 Å². The van der Waals surface area contributed by atoms with Crippen molar-refractivity contribution in [2.45, 2.75) is 6.54 Å². The number of nitrogens with two attached hydrogens (primary N) is 1. The molecule has 2 aromatic rings. The predicted molar refractivity (Wildman–Crippen MR) is 72.8 cm³/mol. The molecule has 1 aromatic heterocycles. The number of hydrogen-bond acceptors (Lipinski definition) is 2. The number of carbonyl (C=O) groups excluding carboxylic acids is 1. The highest BCUT2D eigenvalue weighted by Crippen LogP contribution is 2.28. The maximum atomic E-state index is 11.9. The molecule has 0 saturated heterocycles. The Kier molecular flexibility index (Phi) is 3.79. The van der Waals surface area contributed by atoms with E-state index >= 15 is 0 Å². The second kappa shape index (κ2) is 5.33.